The zero-order valence-corrected chi connectivity index (χ0v) is 53.4. The van der Waals surface area contributed by atoms with Gasteiger partial charge < -0.3 is 20.3 Å². The number of hydrogen-bond acceptors (Lipinski definition) is 5. The molecule has 0 saturated heterocycles. The first-order valence-corrected chi connectivity index (χ1v) is 35.8. The van der Waals surface area contributed by atoms with Gasteiger partial charge in [0.05, 0.1) is 25.4 Å². The fourth-order valence-electron chi connectivity index (χ4n) is 11.2. The lowest BCUT2D eigenvalue weighted by atomic mass is 10.0. The zero-order chi connectivity index (χ0) is 57.1. The number of amides is 1. The first-order chi connectivity index (χ1) is 39.0. The highest BCUT2D eigenvalue weighted by molar-refractivity contribution is 5.76. The molecule has 0 saturated carbocycles. The lowest BCUT2D eigenvalue weighted by molar-refractivity contribution is -0.143. The highest BCUT2D eigenvalue weighted by Crippen LogP contribution is 2.18. The maximum Gasteiger partial charge on any atom is 0.305 e. The SMILES string of the molecule is CCCCCCCC/C=C\CCCCCCCCCC(=O)OCCCCCCCCCCCCCC/C=C\CCCCCCCCCCCC(=O)NC(CO)C(O)/C=C/CCCCCCCCCCCCCCCCCCCC. The van der Waals surface area contributed by atoms with Crippen LogP contribution in [0.1, 0.15) is 393 Å². The van der Waals surface area contributed by atoms with Gasteiger partial charge in [0.25, 0.3) is 0 Å². The molecule has 0 heterocycles. The van der Waals surface area contributed by atoms with Crippen molar-refractivity contribution in [3.8, 4) is 0 Å². The Morgan fingerprint density at radius 1 is 0.342 bits per heavy atom. The normalized spacial score (nSPS) is 12.7. The molecule has 0 fully saturated rings. The molecule has 79 heavy (non-hydrogen) atoms. The van der Waals surface area contributed by atoms with E-state index in [2.05, 4.69) is 43.5 Å². The van der Waals surface area contributed by atoms with E-state index < -0.39 is 12.1 Å². The number of unbranched alkanes of at least 4 members (excludes halogenated alkanes) is 52. The fraction of sp³-hybridized carbons (Fsp3) is 0.890. The Morgan fingerprint density at radius 2 is 0.595 bits per heavy atom. The van der Waals surface area contributed by atoms with Crippen molar-refractivity contribution in [2.45, 2.75) is 405 Å². The Hall–Kier alpha value is -1.92. The third-order valence-corrected chi connectivity index (χ3v) is 16.6. The summed E-state index contributed by atoms with van der Waals surface area (Å²) in [6.45, 7) is 4.93. The van der Waals surface area contributed by atoms with Gasteiger partial charge in [-0.1, -0.05) is 333 Å². The summed E-state index contributed by atoms with van der Waals surface area (Å²) >= 11 is 0. The number of ether oxygens (including phenoxy) is 1. The van der Waals surface area contributed by atoms with Crippen LogP contribution in [0.5, 0.6) is 0 Å². The van der Waals surface area contributed by atoms with Gasteiger partial charge in [-0.2, -0.15) is 0 Å². The Morgan fingerprint density at radius 3 is 0.899 bits per heavy atom. The maximum absolute atomic E-state index is 12.5. The van der Waals surface area contributed by atoms with E-state index in [1.54, 1.807) is 6.08 Å². The lowest BCUT2D eigenvalue weighted by Crippen LogP contribution is -2.45. The Balaban J connectivity index is 3.41. The van der Waals surface area contributed by atoms with Crippen LogP contribution < -0.4 is 5.32 Å². The van der Waals surface area contributed by atoms with Gasteiger partial charge in [0.2, 0.25) is 5.91 Å². The van der Waals surface area contributed by atoms with E-state index in [-0.39, 0.29) is 18.5 Å². The number of aliphatic hydroxyl groups excluding tert-OH is 2. The maximum atomic E-state index is 12.5. The Bertz CT molecular complexity index is 1280. The number of esters is 1. The topological polar surface area (TPSA) is 95.9 Å². The van der Waals surface area contributed by atoms with Crippen LogP contribution in [-0.2, 0) is 14.3 Å². The van der Waals surface area contributed by atoms with E-state index in [0.717, 1.165) is 44.9 Å². The van der Waals surface area contributed by atoms with Gasteiger partial charge in [0, 0.05) is 12.8 Å². The van der Waals surface area contributed by atoms with Crippen LogP contribution >= 0.6 is 0 Å². The minimum atomic E-state index is -0.848. The third kappa shape index (κ3) is 65.1. The van der Waals surface area contributed by atoms with E-state index in [4.69, 9.17) is 4.74 Å². The van der Waals surface area contributed by atoms with Crippen LogP contribution in [0.4, 0.5) is 0 Å². The Kier molecular flexibility index (Phi) is 66.9. The molecular weight excluding hydrogens is 971 g/mol. The van der Waals surface area contributed by atoms with E-state index >= 15 is 0 Å². The molecule has 0 rings (SSSR count). The van der Waals surface area contributed by atoms with Gasteiger partial charge in [-0.25, -0.2) is 0 Å². The summed E-state index contributed by atoms with van der Waals surface area (Å²) in [5.41, 5.74) is 0. The molecule has 6 nitrogen and oxygen atoms in total. The molecule has 3 N–H and O–H groups in total. The molecule has 466 valence electrons. The van der Waals surface area contributed by atoms with Gasteiger partial charge in [-0.05, 0) is 83.5 Å². The van der Waals surface area contributed by atoms with Crippen LogP contribution in [-0.4, -0.2) is 47.4 Å². The first-order valence-electron chi connectivity index (χ1n) is 35.8. The molecule has 0 radical (unpaired) electrons. The molecule has 1 amide bonds. The second kappa shape index (κ2) is 68.6. The standard InChI is InChI=1S/C73H139NO5/c1-3-5-7-9-11-13-15-17-19-21-22-30-34-37-41-45-49-53-57-61-65-71(76)70(69-75)74-72(77)66-62-58-54-50-46-42-38-35-31-28-26-24-23-25-27-29-32-36-40-44-48-52-56-60-64-68-79-73(78)67-63-59-55-51-47-43-39-33-20-18-16-14-12-10-8-6-4-2/h18,20,24,26,61,65,70-71,75-76H,3-17,19,21-23,25,27-60,62-64,66-69H2,1-2H3,(H,74,77)/b20-18-,26-24-,65-61+. The summed E-state index contributed by atoms with van der Waals surface area (Å²) in [7, 11) is 0. The van der Waals surface area contributed by atoms with Crippen molar-refractivity contribution < 1.29 is 24.5 Å². The van der Waals surface area contributed by atoms with Crippen LogP contribution in [0.3, 0.4) is 0 Å². The molecule has 0 aromatic rings. The second-order valence-corrected chi connectivity index (χ2v) is 24.6. The van der Waals surface area contributed by atoms with Crippen molar-refractivity contribution in [1.82, 2.24) is 5.32 Å². The van der Waals surface area contributed by atoms with Gasteiger partial charge in [0.15, 0.2) is 0 Å². The highest BCUT2D eigenvalue weighted by atomic mass is 16.5. The number of aliphatic hydroxyl groups is 2. The summed E-state index contributed by atoms with van der Waals surface area (Å²) in [5, 5.41) is 23.2. The number of rotatable bonds is 67. The summed E-state index contributed by atoms with van der Waals surface area (Å²) < 4.78 is 5.50. The predicted molar refractivity (Wildman–Crippen MR) is 347 cm³/mol. The molecule has 0 aliphatic heterocycles. The predicted octanol–water partition coefficient (Wildman–Crippen LogP) is 23.1. The Labute approximate surface area is 494 Å². The largest absolute Gasteiger partial charge is 0.466 e. The van der Waals surface area contributed by atoms with Gasteiger partial charge >= 0.3 is 5.97 Å². The molecule has 0 aromatic carbocycles. The quantitative estimate of drug-likeness (QED) is 0.0320. The van der Waals surface area contributed by atoms with E-state index in [1.807, 2.05) is 6.08 Å². The minimum absolute atomic E-state index is 0.0102. The molecule has 6 heteroatoms. The van der Waals surface area contributed by atoms with Gasteiger partial charge in [-0.15, -0.1) is 0 Å². The average molecular weight is 1110 g/mol. The van der Waals surface area contributed by atoms with Crippen molar-refractivity contribution in [3.63, 3.8) is 0 Å². The molecule has 0 spiro atoms. The van der Waals surface area contributed by atoms with E-state index in [0.29, 0.717) is 19.4 Å². The number of carbonyl (C=O) groups is 2. The van der Waals surface area contributed by atoms with Crippen LogP contribution in [0.25, 0.3) is 0 Å². The van der Waals surface area contributed by atoms with E-state index in [9.17, 15) is 19.8 Å². The monoisotopic (exact) mass is 1110 g/mol. The smallest absolute Gasteiger partial charge is 0.305 e. The molecule has 0 aliphatic rings. The highest BCUT2D eigenvalue weighted by Gasteiger charge is 2.18. The van der Waals surface area contributed by atoms with Crippen LogP contribution in [0.2, 0.25) is 0 Å². The van der Waals surface area contributed by atoms with Crippen molar-refractivity contribution in [2.75, 3.05) is 13.2 Å². The third-order valence-electron chi connectivity index (χ3n) is 16.6. The number of allylic oxidation sites excluding steroid dienone is 5. The minimum Gasteiger partial charge on any atom is -0.466 e. The lowest BCUT2D eigenvalue weighted by Gasteiger charge is -2.20. The average Bonchev–Trinajstić information content (AvgIpc) is 3.45. The van der Waals surface area contributed by atoms with Gasteiger partial charge in [-0.3, -0.25) is 9.59 Å². The molecule has 2 atom stereocenters. The number of carbonyl (C=O) groups excluding carboxylic acids is 2. The van der Waals surface area contributed by atoms with Gasteiger partial charge in [0.1, 0.15) is 0 Å². The zero-order valence-electron chi connectivity index (χ0n) is 53.4. The molecule has 2 unspecified atom stereocenters. The van der Waals surface area contributed by atoms with Crippen molar-refractivity contribution in [1.29, 1.82) is 0 Å². The van der Waals surface area contributed by atoms with Crippen molar-refractivity contribution in [3.05, 3.63) is 36.5 Å². The van der Waals surface area contributed by atoms with Crippen LogP contribution in [0, 0.1) is 0 Å². The summed E-state index contributed by atoms with van der Waals surface area (Å²) in [6, 6.07) is -0.631. The van der Waals surface area contributed by atoms with Crippen molar-refractivity contribution >= 4 is 11.9 Å². The molecule has 0 bridgehead atoms. The number of nitrogens with one attached hydrogen (secondary N) is 1. The van der Waals surface area contributed by atoms with E-state index in [1.165, 1.54) is 321 Å². The molecule has 0 aromatic heterocycles. The van der Waals surface area contributed by atoms with Crippen LogP contribution in [0.15, 0.2) is 36.5 Å². The summed E-state index contributed by atoms with van der Waals surface area (Å²) in [5.74, 6) is -0.0575. The fourth-order valence-corrected chi connectivity index (χ4v) is 11.2. The summed E-state index contributed by atoms with van der Waals surface area (Å²) in [6.07, 6.45) is 87.9. The summed E-state index contributed by atoms with van der Waals surface area (Å²) in [4.78, 5) is 24.6. The molecular formula is C73H139NO5. The second-order valence-electron chi connectivity index (χ2n) is 24.6. The first kappa shape index (κ1) is 77.1. The molecule has 0 aliphatic carbocycles. The van der Waals surface area contributed by atoms with Crippen molar-refractivity contribution in [2.24, 2.45) is 0 Å². The number of hydrogen-bond donors (Lipinski definition) is 3.